The highest BCUT2D eigenvalue weighted by Gasteiger charge is 2.40. The molecule has 7 nitrogen and oxygen atoms in total. The summed E-state index contributed by atoms with van der Waals surface area (Å²) in [6.07, 6.45) is -0.278. The molecule has 1 amide bonds. The van der Waals surface area contributed by atoms with Gasteiger partial charge in [0.05, 0.1) is 17.9 Å². The lowest BCUT2D eigenvalue weighted by Gasteiger charge is -2.29. The van der Waals surface area contributed by atoms with Crippen LogP contribution >= 0.6 is 0 Å². The summed E-state index contributed by atoms with van der Waals surface area (Å²) >= 11 is 0. The van der Waals surface area contributed by atoms with Crippen molar-refractivity contribution < 1.29 is 22.7 Å². The predicted molar refractivity (Wildman–Crippen MR) is 65.5 cm³/mol. The third kappa shape index (κ3) is 5.19. The number of hydrogen-bond donors (Lipinski definition) is 2. The largest absolute Gasteiger partial charge is 0.444 e. The molecule has 1 atom stereocenters. The van der Waals surface area contributed by atoms with Crippen molar-refractivity contribution in [3.8, 4) is 0 Å². The van der Waals surface area contributed by atoms with Crippen molar-refractivity contribution in [2.75, 3.05) is 19.0 Å². The van der Waals surface area contributed by atoms with E-state index in [-0.39, 0.29) is 12.4 Å². The van der Waals surface area contributed by atoms with Crippen LogP contribution in [-0.4, -0.2) is 44.6 Å². The summed E-state index contributed by atoms with van der Waals surface area (Å²) in [6, 6.07) is 0. The zero-order valence-corrected chi connectivity index (χ0v) is 11.7. The average molecular weight is 280 g/mol. The molecule has 3 N–H and O–H groups in total. The summed E-state index contributed by atoms with van der Waals surface area (Å²) < 4.78 is 32.6. The van der Waals surface area contributed by atoms with Crippen LogP contribution in [-0.2, 0) is 19.5 Å². The van der Waals surface area contributed by atoms with Crippen LogP contribution in [0, 0.1) is 0 Å². The van der Waals surface area contributed by atoms with Gasteiger partial charge in [-0.15, -0.1) is 0 Å². The van der Waals surface area contributed by atoms with E-state index < -0.39 is 27.3 Å². The Morgan fingerprint density at radius 3 is 2.50 bits per heavy atom. The van der Waals surface area contributed by atoms with Crippen molar-refractivity contribution >= 4 is 16.1 Å². The minimum Gasteiger partial charge on any atom is -0.444 e. The fraction of sp³-hybridized carbons (Fsp3) is 0.900. The Kier molecular flexibility index (Phi) is 4.24. The molecular weight excluding hydrogens is 260 g/mol. The number of alkyl carbamates (subject to hydrolysis) is 1. The zero-order valence-electron chi connectivity index (χ0n) is 10.9. The number of nitrogens with two attached hydrogens (primary N) is 1. The van der Waals surface area contributed by atoms with Gasteiger partial charge >= 0.3 is 6.09 Å². The summed E-state index contributed by atoms with van der Waals surface area (Å²) in [5.74, 6) is -0.362. The van der Waals surface area contributed by atoms with Crippen molar-refractivity contribution in [3.05, 3.63) is 0 Å². The van der Waals surface area contributed by atoms with Crippen molar-refractivity contribution in [1.29, 1.82) is 0 Å². The summed E-state index contributed by atoms with van der Waals surface area (Å²) in [5.41, 5.74) is -1.64. The lowest BCUT2D eigenvalue weighted by Crippen LogP contribution is -2.55. The Balaban J connectivity index is 2.72. The Morgan fingerprint density at radius 1 is 1.50 bits per heavy atom. The van der Waals surface area contributed by atoms with Gasteiger partial charge < -0.3 is 14.8 Å². The Bertz CT molecular complexity index is 406. The van der Waals surface area contributed by atoms with Crippen LogP contribution in [0.3, 0.4) is 0 Å². The van der Waals surface area contributed by atoms with Gasteiger partial charge in [-0.2, -0.15) is 0 Å². The quantitative estimate of drug-likeness (QED) is 0.754. The van der Waals surface area contributed by atoms with E-state index in [1.807, 2.05) is 0 Å². The maximum atomic E-state index is 11.7. The molecule has 0 saturated carbocycles. The van der Waals surface area contributed by atoms with Gasteiger partial charge in [-0.3, -0.25) is 0 Å². The molecule has 0 spiro atoms. The number of hydrogen-bond acceptors (Lipinski definition) is 5. The summed E-state index contributed by atoms with van der Waals surface area (Å²) in [6.45, 7) is 5.67. The molecule has 0 aromatic rings. The van der Waals surface area contributed by atoms with Crippen molar-refractivity contribution in [1.82, 2.24) is 5.32 Å². The molecular formula is C10H20N2O5S. The molecule has 1 fully saturated rings. The molecule has 1 saturated heterocycles. The molecule has 0 aromatic carbocycles. The molecule has 0 bridgehead atoms. The Hall–Kier alpha value is -0.860. The number of carbonyl (C=O) groups excluding carboxylic acids is 1. The summed E-state index contributed by atoms with van der Waals surface area (Å²) in [5, 5.41) is 7.59. The molecule has 1 heterocycles. The second-order valence-electron chi connectivity index (χ2n) is 5.52. The maximum absolute atomic E-state index is 11.7. The third-order valence-corrected chi connectivity index (χ3v) is 3.30. The highest BCUT2D eigenvalue weighted by Crippen LogP contribution is 2.21. The predicted octanol–water partition coefficient (Wildman–Crippen LogP) is -0.0413. The third-order valence-electron chi connectivity index (χ3n) is 2.35. The van der Waals surface area contributed by atoms with Crippen molar-refractivity contribution in [3.63, 3.8) is 0 Å². The number of ether oxygens (including phenoxy) is 2. The van der Waals surface area contributed by atoms with Gasteiger partial charge in [-0.25, -0.2) is 18.4 Å². The molecule has 8 heteroatoms. The fourth-order valence-electron chi connectivity index (χ4n) is 1.76. The van der Waals surface area contributed by atoms with E-state index in [0.717, 1.165) is 0 Å². The smallest absolute Gasteiger partial charge is 0.408 e. The number of carbonyl (C=O) groups is 1. The van der Waals surface area contributed by atoms with Crippen LogP contribution in [0.4, 0.5) is 4.79 Å². The minimum absolute atomic E-state index is 0.114. The summed E-state index contributed by atoms with van der Waals surface area (Å²) in [4.78, 5) is 11.7. The first kappa shape index (κ1) is 15.2. The van der Waals surface area contributed by atoms with Crippen molar-refractivity contribution in [2.45, 2.75) is 38.3 Å². The van der Waals surface area contributed by atoms with Gasteiger partial charge in [0.2, 0.25) is 10.0 Å². The zero-order chi connectivity index (χ0) is 14.0. The standard InChI is InChI=1S/C10H20N2O5S/c1-9(2,3)17-8(13)12-10(4-5-16-6-10)7-18(11,14)15/h4-7H2,1-3H3,(H,12,13)(H2,11,14,15). The van der Waals surface area contributed by atoms with Crippen LogP contribution in [0.25, 0.3) is 0 Å². The first-order valence-corrected chi connectivity index (χ1v) is 7.32. The molecule has 1 unspecified atom stereocenters. The fourth-order valence-corrected chi connectivity index (χ4v) is 2.83. The van der Waals surface area contributed by atoms with Gasteiger partial charge in [0.1, 0.15) is 5.60 Å². The molecule has 1 aliphatic rings. The normalized spacial score (nSPS) is 24.9. The van der Waals surface area contributed by atoms with Crippen LogP contribution in [0.5, 0.6) is 0 Å². The first-order valence-electron chi connectivity index (χ1n) is 5.61. The van der Waals surface area contributed by atoms with Gasteiger partial charge in [0.15, 0.2) is 0 Å². The SMILES string of the molecule is CC(C)(C)OC(=O)NC1(CS(N)(=O)=O)CCOC1. The molecule has 18 heavy (non-hydrogen) atoms. The Labute approximate surface area is 107 Å². The van der Waals surface area contributed by atoms with Crippen LogP contribution in [0.15, 0.2) is 0 Å². The first-order chi connectivity index (χ1) is 8.02. The van der Waals surface area contributed by atoms with E-state index in [2.05, 4.69) is 5.32 Å². The van der Waals surface area contributed by atoms with Gasteiger partial charge in [0.25, 0.3) is 0 Å². The summed E-state index contributed by atoms with van der Waals surface area (Å²) in [7, 11) is -3.71. The van der Waals surface area contributed by atoms with E-state index in [9.17, 15) is 13.2 Å². The van der Waals surface area contributed by atoms with Crippen molar-refractivity contribution in [2.24, 2.45) is 5.14 Å². The lowest BCUT2D eigenvalue weighted by atomic mass is 10.0. The number of nitrogens with one attached hydrogen (secondary N) is 1. The molecule has 0 aliphatic carbocycles. The van der Waals surface area contributed by atoms with Gasteiger partial charge in [0, 0.05) is 6.61 Å². The monoisotopic (exact) mass is 280 g/mol. The lowest BCUT2D eigenvalue weighted by molar-refractivity contribution is 0.0454. The molecule has 0 radical (unpaired) electrons. The van der Waals surface area contributed by atoms with Crippen LogP contribution in [0.2, 0.25) is 0 Å². The highest BCUT2D eigenvalue weighted by atomic mass is 32.2. The van der Waals surface area contributed by atoms with Gasteiger partial charge in [-0.05, 0) is 27.2 Å². The van der Waals surface area contributed by atoms with E-state index >= 15 is 0 Å². The minimum atomic E-state index is -3.71. The average Bonchev–Trinajstić information content (AvgIpc) is 2.44. The highest BCUT2D eigenvalue weighted by molar-refractivity contribution is 7.89. The van der Waals surface area contributed by atoms with E-state index in [1.54, 1.807) is 20.8 Å². The van der Waals surface area contributed by atoms with Crippen LogP contribution in [0.1, 0.15) is 27.2 Å². The number of amides is 1. The second-order valence-corrected chi connectivity index (χ2v) is 7.13. The Morgan fingerprint density at radius 2 is 2.11 bits per heavy atom. The molecule has 1 aliphatic heterocycles. The number of sulfonamides is 1. The second kappa shape index (κ2) is 5.02. The molecule has 106 valence electrons. The topological polar surface area (TPSA) is 108 Å². The van der Waals surface area contributed by atoms with Crippen LogP contribution < -0.4 is 10.5 Å². The molecule has 1 rings (SSSR count). The van der Waals surface area contributed by atoms with E-state index in [4.69, 9.17) is 14.6 Å². The van der Waals surface area contributed by atoms with E-state index in [0.29, 0.717) is 13.0 Å². The maximum Gasteiger partial charge on any atom is 0.408 e. The number of primary sulfonamides is 1. The van der Waals surface area contributed by atoms with Gasteiger partial charge in [-0.1, -0.05) is 0 Å². The van der Waals surface area contributed by atoms with E-state index in [1.165, 1.54) is 0 Å². The molecule has 0 aromatic heterocycles. The number of rotatable bonds is 3.